The molecule has 0 aliphatic carbocycles. The summed E-state index contributed by atoms with van der Waals surface area (Å²) in [4.78, 5) is 0. The van der Waals surface area contributed by atoms with E-state index in [0.717, 1.165) is 32.8 Å². The van der Waals surface area contributed by atoms with Crippen LogP contribution < -0.4 is 10.5 Å². The van der Waals surface area contributed by atoms with Crippen LogP contribution in [0.4, 0.5) is 0 Å². The van der Waals surface area contributed by atoms with Crippen LogP contribution >= 0.6 is 27.5 Å². The molecule has 0 aliphatic heterocycles. The van der Waals surface area contributed by atoms with Crippen molar-refractivity contribution >= 4 is 27.5 Å². The molecule has 4 heteroatoms. The van der Waals surface area contributed by atoms with Crippen LogP contribution in [0.5, 0.6) is 5.75 Å². The highest BCUT2D eigenvalue weighted by molar-refractivity contribution is 9.10. The van der Waals surface area contributed by atoms with Gasteiger partial charge in [-0.3, -0.25) is 0 Å². The van der Waals surface area contributed by atoms with Gasteiger partial charge >= 0.3 is 0 Å². The van der Waals surface area contributed by atoms with E-state index in [4.69, 9.17) is 22.1 Å². The summed E-state index contributed by atoms with van der Waals surface area (Å²) >= 11 is 9.75. The molecule has 0 spiro atoms. The second-order valence-corrected chi connectivity index (χ2v) is 6.59. The largest absolute Gasteiger partial charge is 0.488 e. The van der Waals surface area contributed by atoms with E-state index in [1.54, 1.807) is 0 Å². The first kappa shape index (κ1) is 16.3. The molecule has 0 radical (unpaired) electrons. The highest BCUT2D eigenvalue weighted by Gasteiger charge is 2.06. The summed E-state index contributed by atoms with van der Waals surface area (Å²) < 4.78 is 6.78. The second kappa shape index (κ2) is 7.30. The summed E-state index contributed by atoms with van der Waals surface area (Å²) in [6, 6.07) is 12.2. The minimum absolute atomic E-state index is 0.148. The Balaban J connectivity index is 2.06. The molecule has 21 heavy (non-hydrogen) atoms. The monoisotopic (exact) mass is 367 g/mol. The molecule has 0 saturated carbocycles. The smallest absolute Gasteiger partial charge is 0.134 e. The van der Waals surface area contributed by atoms with Crippen molar-refractivity contribution in [3.8, 4) is 5.75 Å². The Bertz CT molecular complexity index is 628. The molecule has 2 N–H and O–H groups in total. The van der Waals surface area contributed by atoms with E-state index in [1.807, 2.05) is 44.2 Å². The zero-order valence-corrected chi connectivity index (χ0v) is 14.5. The maximum Gasteiger partial charge on any atom is 0.134 e. The Kier molecular flexibility index (Phi) is 5.68. The Hall–Kier alpha value is -1.03. The maximum absolute atomic E-state index is 6.21. The number of hydrogen-bond donors (Lipinski definition) is 1. The lowest BCUT2D eigenvalue weighted by molar-refractivity contribution is 0.304. The van der Waals surface area contributed by atoms with Crippen molar-refractivity contribution in [1.82, 2.24) is 0 Å². The maximum atomic E-state index is 6.21. The molecule has 0 aliphatic rings. The summed E-state index contributed by atoms with van der Waals surface area (Å²) in [5.74, 6) is 0.806. The van der Waals surface area contributed by atoms with Gasteiger partial charge in [-0.25, -0.2) is 0 Å². The van der Waals surface area contributed by atoms with Crippen molar-refractivity contribution in [2.24, 2.45) is 5.73 Å². The van der Waals surface area contributed by atoms with Gasteiger partial charge in [0.05, 0.1) is 4.47 Å². The molecule has 0 amide bonds. The van der Waals surface area contributed by atoms with E-state index in [0.29, 0.717) is 6.61 Å². The minimum Gasteiger partial charge on any atom is -0.488 e. The zero-order valence-electron chi connectivity index (χ0n) is 12.2. The summed E-state index contributed by atoms with van der Waals surface area (Å²) in [7, 11) is 0. The highest BCUT2D eigenvalue weighted by atomic mass is 79.9. The normalized spacial score (nSPS) is 12.2. The van der Waals surface area contributed by atoms with E-state index in [-0.39, 0.29) is 6.04 Å². The Labute approximate surface area is 139 Å². The van der Waals surface area contributed by atoms with Gasteiger partial charge in [0.25, 0.3) is 0 Å². The van der Waals surface area contributed by atoms with Crippen molar-refractivity contribution < 1.29 is 4.74 Å². The molecular formula is C17H19BrClNO. The molecule has 0 heterocycles. The topological polar surface area (TPSA) is 35.2 Å². The summed E-state index contributed by atoms with van der Waals surface area (Å²) in [6.07, 6.45) is 0.850. The molecule has 2 nitrogen and oxygen atoms in total. The van der Waals surface area contributed by atoms with Gasteiger partial charge in [-0.2, -0.15) is 0 Å². The van der Waals surface area contributed by atoms with Gasteiger partial charge in [0.15, 0.2) is 0 Å². The number of rotatable bonds is 5. The summed E-state index contributed by atoms with van der Waals surface area (Å²) in [5, 5.41) is 0.736. The fourth-order valence-corrected chi connectivity index (χ4v) is 2.92. The van der Waals surface area contributed by atoms with E-state index < -0.39 is 0 Å². The average Bonchev–Trinajstić information content (AvgIpc) is 2.39. The van der Waals surface area contributed by atoms with Crippen LogP contribution in [-0.4, -0.2) is 6.04 Å². The first-order valence-electron chi connectivity index (χ1n) is 6.87. The first-order chi connectivity index (χ1) is 9.95. The molecule has 2 rings (SSSR count). The van der Waals surface area contributed by atoms with Gasteiger partial charge in [-0.15, -0.1) is 0 Å². The van der Waals surface area contributed by atoms with Crippen LogP contribution in [0.25, 0.3) is 0 Å². The molecule has 0 saturated heterocycles. The lowest BCUT2D eigenvalue weighted by Gasteiger charge is -2.12. The van der Waals surface area contributed by atoms with E-state index in [9.17, 15) is 0 Å². The van der Waals surface area contributed by atoms with Crippen LogP contribution in [0, 0.1) is 6.92 Å². The minimum atomic E-state index is 0.148. The third-order valence-corrected chi connectivity index (χ3v) is 4.12. The third-order valence-electron chi connectivity index (χ3n) is 3.15. The van der Waals surface area contributed by atoms with E-state index in [1.165, 1.54) is 5.56 Å². The molecule has 1 unspecified atom stereocenters. The van der Waals surface area contributed by atoms with Gasteiger partial charge < -0.3 is 10.5 Å². The van der Waals surface area contributed by atoms with Crippen LogP contribution in [-0.2, 0) is 13.0 Å². The van der Waals surface area contributed by atoms with Crippen molar-refractivity contribution in [2.75, 3.05) is 0 Å². The number of aryl methyl sites for hydroxylation is 1. The molecule has 2 aromatic carbocycles. The van der Waals surface area contributed by atoms with Crippen LogP contribution in [0.1, 0.15) is 23.6 Å². The standard InChI is InChI=1S/C17H19BrClNO/c1-11-3-5-14(16(19)7-11)10-21-17-6-4-13(8-12(2)20)9-15(17)18/h3-7,9,12H,8,10,20H2,1-2H3. The molecule has 2 aromatic rings. The number of hydrogen-bond acceptors (Lipinski definition) is 2. The zero-order chi connectivity index (χ0) is 15.4. The van der Waals surface area contributed by atoms with Crippen molar-refractivity contribution in [1.29, 1.82) is 0 Å². The fourth-order valence-electron chi connectivity index (χ4n) is 2.09. The number of ether oxygens (including phenoxy) is 1. The molecule has 0 fully saturated rings. The molecule has 0 bridgehead atoms. The van der Waals surface area contributed by atoms with Gasteiger partial charge in [0, 0.05) is 16.6 Å². The van der Waals surface area contributed by atoms with Crippen molar-refractivity contribution in [3.63, 3.8) is 0 Å². The molecule has 0 aromatic heterocycles. The predicted octanol–water partition coefficient (Wildman–Crippen LogP) is 4.88. The highest BCUT2D eigenvalue weighted by Crippen LogP contribution is 2.28. The van der Waals surface area contributed by atoms with Gasteiger partial charge in [-0.1, -0.05) is 29.8 Å². The average molecular weight is 369 g/mol. The number of nitrogens with two attached hydrogens (primary N) is 1. The number of benzene rings is 2. The molecule has 1 atom stereocenters. The third kappa shape index (κ3) is 4.73. The Morgan fingerprint density at radius 1 is 1.24 bits per heavy atom. The fraction of sp³-hybridized carbons (Fsp3) is 0.294. The Morgan fingerprint density at radius 3 is 2.62 bits per heavy atom. The predicted molar refractivity (Wildman–Crippen MR) is 92.0 cm³/mol. The first-order valence-corrected chi connectivity index (χ1v) is 8.04. The number of halogens is 2. The SMILES string of the molecule is Cc1ccc(COc2ccc(CC(C)N)cc2Br)c(Cl)c1. The summed E-state index contributed by atoms with van der Waals surface area (Å²) in [6.45, 7) is 4.46. The Morgan fingerprint density at radius 2 is 2.00 bits per heavy atom. The van der Waals surface area contributed by atoms with Gasteiger partial charge in [0.2, 0.25) is 0 Å². The summed E-state index contributed by atoms with van der Waals surface area (Å²) in [5.41, 5.74) is 9.13. The van der Waals surface area contributed by atoms with Crippen molar-refractivity contribution in [3.05, 3.63) is 62.6 Å². The van der Waals surface area contributed by atoms with Gasteiger partial charge in [0.1, 0.15) is 12.4 Å². The molecule has 112 valence electrons. The van der Waals surface area contributed by atoms with Crippen LogP contribution in [0.15, 0.2) is 40.9 Å². The second-order valence-electron chi connectivity index (χ2n) is 5.33. The lowest BCUT2D eigenvalue weighted by Crippen LogP contribution is -2.17. The van der Waals surface area contributed by atoms with Crippen LogP contribution in [0.2, 0.25) is 5.02 Å². The molecular weight excluding hydrogens is 350 g/mol. The quantitative estimate of drug-likeness (QED) is 0.816. The van der Waals surface area contributed by atoms with E-state index in [2.05, 4.69) is 22.0 Å². The lowest BCUT2D eigenvalue weighted by atomic mass is 10.1. The van der Waals surface area contributed by atoms with Crippen LogP contribution in [0.3, 0.4) is 0 Å². The van der Waals surface area contributed by atoms with Gasteiger partial charge in [-0.05, 0) is 65.5 Å². The van der Waals surface area contributed by atoms with E-state index >= 15 is 0 Å². The van der Waals surface area contributed by atoms with Crippen molar-refractivity contribution in [2.45, 2.75) is 32.9 Å².